The van der Waals surface area contributed by atoms with E-state index in [1.165, 1.54) is 61.1 Å². The van der Waals surface area contributed by atoms with Gasteiger partial charge in [-0.2, -0.15) is 0 Å². The molecule has 2 N–H and O–H groups in total. The molecule has 134 valence electrons. The molecule has 2 aromatic heterocycles. The number of aromatic nitrogens is 2. The number of hydrogen-bond donors (Lipinski definition) is 2. The molecule has 3 rings (SSSR count). The van der Waals surface area contributed by atoms with Gasteiger partial charge in [0.1, 0.15) is 10.7 Å². The Morgan fingerprint density at radius 3 is 2.04 bits per heavy atom. The summed E-state index contributed by atoms with van der Waals surface area (Å²) in [5.41, 5.74) is 0.227. The molecule has 0 fully saturated rings. The van der Waals surface area contributed by atoms with Gasteiger partial charge in [-0.25, -0.2) is 21.8 Å². The van der Waals surface area contributed by atoms with Crippen molar-refractivity contribution >= 4 is 31.6 Å². The quantitative estimate of drug-likeness (QED) is 0.665. The zero-order valence-corrected chi connectivity index (χ0v) is 14.9. The van der Waals surface area contributed by atoms with Gasteiger partial charge in [-0.15, -0.1) is 0 Å². The molecule has 0 spiro atoms. The fourth-order valence-electron chi connectivity index (χ4n) is 2.04. The van der Waals surface area contributed by atoms with E-state index in [0.717, 1.165) is 0 Å². The van der Waals surface area contributed by atoms with Gasteiger partial charge in [0.25, 0.3) is 20.0 Å². The number of nitrogens with one attached hydrogen (secondary N) is 2. The van der Waals surface area contributed by atoms with Gasteiger partial charge in [-0.3, -0.25) is 14.4 Å². The van der Waals surface area contributed by atoms with Crippen LogP contribution in [-0.2, 0) is 20.0 Å². The third-order valence-corrected chi connectivity index (χ3v) is 6.00. The van der Waals surface area contributed by atoms with E-state index in [0.29, 0.717) is 0 Å². The van der Waals surface area contributed by atoms with Crippen molar-refractivity contribution < 1.29 is 16.8 Å². The molecule has 3 aromatic rings. The second-order valence-electron chi connectivity index (χ2n) is 5.14. The summed E-state index contributed by atoms with van der Waals surface area (Å²) in [6, 6.07) is 13.1. The van der Waals surface area contributed by atoms with Gasteiger partial charge in [0.05, 0.1) is 4.90 Å². The Morgan fingerprint density at radius 2 is 1.42 bits per heavy atom. The first-order valence-corrected chi connectivity index (χ1v) is 10.3. The molecule has 0 atom stereocenters. The molecule has 0 aliphatic rings. The number of rotatable bonds is 6. The second-order valence-corrected chi connectivity index (χ2v) is 8.50. The van der Waals surface area contributed by atoms with Crippen LogP contribution in [0.15, 0.2) is 83.0 Å². The Balaban J connectivity index is 1.78. The zero-order valence-electron chi connectivity index (χ0n) is 13.3. The Hall–Kier alpha value is -2.98. The van der Waals surface area contributed by atoms with Crippen LogP contribution in [0.4, 0.5) is 11.5 Å². The van der Waals surface area contributed by atoms with E-state index in [4.69, 9.17) is 0 Å². The Labute approximate surface area is 151 Å². The molecular weight excluding hydrogens is 376 g/mol. The molecule has 0 amide bonds. The predicted molar refractivity (Wildman–Crippen MR) is 96.5 cm³/mol. The molecule has 0 bridgehead atoms. The van der Waals surface area contributed by atoms with Crippen LogP contribution in [0.5, 0.6) is 0 Å². The average molecular weight is 390 g/mol. The number of sulfonamides is 2. The third-order valence-electron chi connectivity index (χ3n) is 3.27. The van der Waals surface area contributed by atoms with E-state index >= 15 is 0 Å². The summed E-state index contributed by atoms with van der Waals surface area (Å²) < 4.78 is 53.8. The second kappa shape index (κ2) is 7.10. The molecule has 2 heterocycles. The van der Waals surface area contributed by atoms with Crippen molar-refractivity contribution in [3.63, 3.8) is 0 Å². The third kappa shape index (κ3) is 4.16. The summed E-state index contributed by atoms with van der Waals surface area (Å²) in [4.78, 5) is 7.65. The molecule has 8 nitrogen and oxygen atoms in total. The molecule has 0 radical (unpaired) electrons. The number of anilines is 2. The van der Waals surface area contributed by atoms with E-state index in [1.54, 1.807) is 12.1 Å². The van der Waals surface area contributed by atoms with E-state index in [-0.39, 0.29) is 21.3 Å². The first-order valence-electron chi connectivity index (χ1n) is 7.34. The molecule has 1 aromatic carbocycles. The summed E-state index contributed by atoms with van der Waals surface area (Å²) in [6.07, 6.45) is 4.15. The van der Waals surface area contributed by atoms with Gasteiger partial charge >= 0.3 is 0 Å². The first kappa shape index (κ1) is 17.8. The van der Waals surface area contributed by atoms with Gasteiger partial charge in [-0.1, -0.05) is 6.07 Å². The van der Waals surface area contributed by atoms with E-state index < -0.39 is 20.0 Å². The fourth-order valence-corrected chi connectivity index (χ4v) is 4.07. The van der Waals surface area contributed by atoms with Crippen molar-refractivity contribution in [1.29, 1.82) is 0 Å². The smallest absolute Gasteiger partial charge is 0.263 e. The van der Waals surface area contributed by atoms with Crippen LogP contribution >= 0.6 is 0 Å². The van der Waals surface area contributed by atoms with Crippen molar-refractivity contribution in [2.24, 2.45) is 0 Å². The molecule has 0 unspecified atom stereocenters. The summed E-state index contributed by atoms with van der Waals surface area (Å²) in [5.74, 6) is 0.189. The van der Waals surface area contributed by atoms with Crippen LogP contribution in [0.1, 0.15) is 0 Å². The fraction of sp³-hybridized carbons (Fsp3) is 0. The minimum Gasteiger partial charge on any atom is -0.280 e. The average Bonchev–Trinajstić information content (AvgIpc) is 2.63. The summed E-state index contributed by atoms with van der Waals surface area (Å²) >= 11 is 0. The van der Waals surface area contributed by atoms with Crippen molar-refractivity contribution in [1.82, 2.24) is 9.97 Å². The lowest BCUT2D eigenvalue weighted by Gasteiger charge is -2.10. The topological polar surface area (TPSA) is 118 Å². The highest BCUT2D eigenvalue weighted by Gasteiger charge is 2.17. The lowest BCUT2D eigenvalue weighted by atomic mass is 10.3. The minimum absolute atomic E-state index is 0.00789. The Bertz CT molecular complexity index is 1090. The maximum atomic E-state index is 12.3. The molecule has 10 heteroatoms. The largest absolute Gasteiger partial charge is 0.280 e. The monoisotopic (exact) mass is 390 g/mol. The highest BCUT2D eigenvalue weighted by atomic mass is 32.2. The maximum Gasteiger partial charge on any atom is 0.263 e. The van der Waals surface area contributed by atoms with E-state index in [1.807, 2.05) is 0 Å². The van der Waals surface area contributed by atoms with Gasteiger partial charge in [0, 0.05) is 24.3 Å². The Kier molecular flexibility index (Phi) is 4.87. The highest BCUT2D eigenvalue weighted by molar-refractivity contribution is 7.93. The molecular formula is C16H14N4O4S2. The van der Waals surface area contributed by atoms with Crippen LogP contribution in [0.2, 0.25) is 0 Å². The van der Waals surface area contributed by atoms with Gasteiger partial charge in [-0.05, 0) is 48.5 Å². The summed E-state index contributed by atoms with van der Waals surface area (Å²) in [7, 11) is -7.62. The van der Waals surface area contributed by atoms with Crippen molar-refractivity contribution in [3.8, 4) is 0 Å². The van der Waals surface area contributed by atoms with Crippen LogP contribution < -0.4 is 9.44 Å². The number of hydrogen-bond acceptors (Lipinski definition) is 6. The van der Waals surface area contributed by atoms with Gasteiger partial charge in [0.2, 0.25) is 0 Å². The molecule has 0 saturated heterocycles. The van der Waals surface area contributed by atoms with Gasteiger partial charge < -0.3 is 0 Å². The highest BCUT2D eigenvalue weighted by Crippen LogP contribution is 2.19. The molecule has 0 aliphatic heterocycles. The Morgan fingerprint density at radius 1 is 0.692 bits per heavy atom. The van der Waals surface area contributed by atoms with Crippen LogP contribution in [-0.4, -0.2) is 26.8 Å². The predicted octanol–water partition coefficient (Wildman–Crippen LogP) is 2.08. The van der Waals surface area contributed by atoms with Crippen LogP contribution in [0.3, 0.4) is 0 Å². The SMILES string of the molecule is O=S(=O)(Nc1ccc(S(=O)(=O)Nc2ccccn2)cc1)c1cccnc1. The van der Waals surface area contributed by atoms with E-state index in [2.05, 4.69) is 19.4 Å². The maximum absolute atomic E-state index is 12.3. The summed E-state index contributed by atoms with van der Waals surface area (Å²) in [6.45, 7) is 0. The molecule has 0 aliphatic carbocycles. The van der Waals surface area contributed by atoms with Crippen molar-refractivity contribution in [2.45, 2.75) is 9.79 Å². The normalized spacial score (nSPS) is 11.7. The minimum atomic E-state index is -3.83. The van der Waals surface area contributed by atoms with Crippen LogP contribution in [0, 0.1) is 0 Å². The van der Waals surface area contributed by atoms with Crippen molar-refractivity contribution in [3.05, 3.63) is 73.2 Å². The van der Waals surface area contributed by atoms with Crippen LogP contribution in [0.25, 0.3) is 0 Å². The standard InChI is InChI=1S/C16H14N4O4S2/c21-25(22,20-16-5-1-2-11-18-16)14-8-6-13(7-9-14)19-26(23,24)15-4-3-10-17-12-15/h1-12,19H,(H,18,20). The molecule has 26 heavy (non-hydrogen) atoms. The molecule has 0 saturated carbocycles. The first-order chi connectivity index (χ1) is 12.4. The zero-order chi connectivity index (χ0) is 18.6. The van der Waals surface area contributed by atoms with E-state index in [9.17, 15) is 16.8 Å². The van der Waals surface area contributed by atoms with Crippen molar-refractivity contribution in [2.75, 3.05) is 9.44 Å². The summed E-state index contributed by atoms with van der Waals surface area (Å²) in [5, 5.41) is 0. The number of pyridine rings is 2. The number of benzene rings is 1. The lowest BCUT2D eigenvalue weighted by molar-refractivity contribution is 0.599. The van der Waals surface area contributed by atoms with Gasteiger partial charge in [0.15, 0.2) is 0 Å². The number of nitrogens with zero attached hydrogens (tertiary/aromatic N) is 2. The lowest BCUT2D eigenvalue weighted by Crippen LogP contribution is -2.15.